The van der Waals surface area contributed by atoms with E-state index in [1.807, 2.05) is 0 Å². The molecule has 1 fully saturated rings. The molecule has 141 heavy (non-hydrogen) atoms. The second-order valence-electron chi connectivity index (χ2n) is 47.9. The Bertz CT molecular complexity index is 10300. The summed E-state index contributed by atoms with van der Waals surface area (Å²) in [5, 5.41) is 87.3. The number of aryl methyl sites for hydroxylation is 1. The number of likely N-dealkylation sites (tertiary alicyclic amines) is 1. The van der Waals surface area contributed by atoms with Crippen molar-refractivity contribution < 1.29 is 37.9 Å². The summed E-state index contributed by atoms with van der Waals surface area (Å²) >= 11 is 0. The van der Waals surface area contributed by atoms with Crippen LogP contribution in [0.15, 0.2) is 48.5 Å². The highest BCUT2D eigenvalue weighted by Crippen LogP contribution is 2.88. The summed E-state index contributed by atoms with van der Waals surface area (Å²) in [5.74, 6) is 9.10. The molecule has 0 radical (unpaired) electrons. The Morgan fingerprint density at radius 3 is 0.660 bits per heavy atom. The molecule has 1 heterocycles. The normalized spacial score (nSPS) is 19.7. The van der Waals surface area contributed by atoms with E-state index in [2.05, 4.69) is 202 Å². The molecular formula is C132H109NO8. The first-order valence-corrected chi connectivity index (χ1v) is 54.4. The number of ether oxygens (including phenoxy) is 8. The van der Waals surface area contributed by atoms with E-state index < -0.39 is 10.8 Å². The first-order valence-electron chi connectivity index (χ1n) is 54.4. The Kier molecular flexibility index (Phi) is 13.5. The van der Waals surface area contributed by atoms with Gasteiger partial charge in [-0.3, -0.25) is 4.90 Å². The average molecular weight is 1840 g/mol. The molecule has 5 aliphatic rings. The Morgan fingerprint density at radius 1 is 0.234 bits per heavy atom. The second kappa shape index (κ2) is 24.4. The van der Waals surface area contributed by atoms with Crippen LogP contribution < -0.4 is 37.9 Å². The number of likely N-dealkylation sites (N-methyl/N-ethyl adjacent to an activating group) is 1. The smallest absolute Gasteiger partial charge is 0.128 e. The second-order valence-corrected chi connectivity index (χ2v) is 47.9. The van der Waals surface area contributed by atoms with Crippen LogP contribution >= 0.6 is 0 Å². The molecule has 690 valence electrons. The summed E-state index contributed by atoms with van der Waals surface area (Å²) in [5.41, 5.74) is 13.4. The van der Waals surface area contributed by atoms with Crippen LogP contribution in [0, 0.1) is 54.3 Å². The molecular weight excluding hydrogens is 1730 g/mol. The third-order valence-corrected chi connectivity index (χ3v) is 40.8. The minimum absolute atomic E-state index is 0.208. The lowest BCUT2D eigenvalue weighted by Crippen LogP contribution is -2.52. The first kappa shape index (κ1) is 77.9. The van der Waals surface area contributed by atoms with Gasteiger partial charge in [0.15, 0.2) is 0 Å². The fourth-order valence-corrected chi connectivity index (χ4v) is 33.3. The molecule has 0 saturated carbocycles. The highest BCUT2D eigenvalue weighted by atomic mass is 16.5. The zero-order valence-electron chi connectivity index (χ0n) is 83.9. The van der Waals surface area contributed by atoms with Gasteiger partial charge in [-0.05, 0) is 429 Å². The number of hydrogen-bond donors (Lipinski definition) is 0. The molecule has 1 saturated heterocycles. The Hall–Kier alpha value is -12.8. The average Bonchev–Trinajstić information content (AvgIpc) is 1.38. The van der Waals surface area contributed by atoms with Crippen molar-refractivity contribution >= 4 is 315 Å². The fraction of sp³-hybridized carbons (Fsp3) is 0.348. The standard InChI is InChI=1S/C132H109NO8/c1-19-48(9)39-134-64-32-57(65(31-56(64)17)135-40-49(10)20-2)27-28-58-33-69(139-44-53(14)24-6)61(36-66(58)136-41-50(11)21-3)62-37-67(137-42-51(12)22-4)59(34-70(62)140-45-54(15)25-7)29-30-60-35-71(141-46-55(16)26-8)63(38-68(60)138-43-52(13)23-5)130-132-128-122-116-106-94-86-78-74-72-73-76-80(78)88(94)98-92-84(76)85-77(73)81-79-75(72)83-82(74)90-96(86)104-110-100(90)101-91(83)97-87(79)95-89(81)99-93(85)103-102(92)114(108(98)116)124(128)125-115(103)109(99)117-107(95)113-105(97)111(101)119-118(110)126(120(122)112(104)106)131(132,47-133(130)18)127(119)121(113)123(117)129(125)132/h27-38,48-55,130H,19-26,39-47H2,1-18H3/b28-27+,30-29+/t48-,49-,50-,51-,52-,53-,54-,55-,130?,131?,132?/m0/s1. The van der Waals surface area contributed by atoms with Crippen LogP contribution in [0.5, 0.6) is 46.0 Å². The number of hydrogen-bond acceptors (Lipinski definition) is 9. The molecule has 0 bridgehead atoms. The third kappa shape index (κ3) is 7.57. The van der Waals surface area contributed by atoms with Crippen molar-refractivity contribution in [2.75, 3.05) is 66.4 Å². The topological polar surface area (TPSA) is 77.1 Å². The van der Waals surface area contributed by atoms with E-state index >= 15 is 0 Å². The highest BCUT2D eigenvalue weighted by molar-refractivity contribution is 6.82. The van der Waals surface area contributed by atoms with Gasteiger partial charge in [0.2, 0.25) is 0 Å². The molecule has 2 spiro atoms. The van der Waals surface area contributed by atoms with E-state index in [1.54, 1.807) is 313 Å². The molecule has 0 amide bonds. The minimum atomic E-state index is -0.639. The van der Waals surface area contributed by atoms with Gasteiger partial charge in [-0.25, -0.2) is 0 Å². The predicted molar refractivity (Wildman–Crippen MR) is 596 cm³/mol. The van der Waals surface area contributed by atoms with E-state index in [0.29, 0.717) is 70.6 Å². The molecule has 32 aromatic carbocycles. The van der Waals surface area contributed by atoms with Crippen LogP contribution in [0.1, 0.15) is 224 Å². The van der Waals surface area contributed by atoms with E-state index in [1.165, 1.54) is 5.56 Å². The predicted octanol–water partition coefficient (Wildman–Crippen LogP) is 35.7. The Balaban J connectivity index is 0.608. The largest absolute Gasteiger partial charge is 0.493 e. The monoisotopic (exact) mass is 1840 g/mol. The van der Waals surface area contributed by atoms with Crippen molar-refractivity contribution in [1.82, 2.24) is 4.90 Å². The maximum Gasteiger partial charge on any atom is 0.128 e. The van der Waals surface area contributed by atoms with Crippen LogP contribution in [0.3, 0.4) is 0 Å². The Morgan fingerprint density at radius 2 is 0.418 bits per heavy atom. The molecule has 0 N–H and O–H groups in total. The fourth-order valence-electron chi connectivity index (χ4n) is 33.3. The van der Waals surface area contributed by atoms with Gasteiger partial charge in [-0.2, -0.15) is 0 Å². The third-order valence-electron chi connectivity index (χ3n) is 40.8. The van der Waals surface area contributed by atoms with Gasteiger partial charge in [0, 0.05) is 45.5 Å². The molecule has 4 aliphatic carbocycles. The van der Waals surface area contributed by atoms with E-state index in [-0.39, 0.29) is 35.6 Å². The van der Waals surface area contributed by atoms with Gasteiger partial charge in [0.25, 0.3) is 0 Å². The van der Waals surface area contributed by atoms with Gasteiger partial charge in [-0.1, -0.05) is 186 Å². The maximum absolute atomic E-state index is 8.07. The molecule has 1 unspecified atom stereocenters. The molecule has 9 atom stereocenters. The van der Waals surface area contributed by atoms with Crippen molar-refractivity contribution in [3.63, 3.8) is 0 Å². The number of benzene rings is 22. The summed E-state index contributed by atoms with van der Waals surface area (Å²) in [4.78, 5) is 2.96. The van der Waals surface area contributed by atoms with Gasteiger partial charge >= 0.3 is 0 Å². The lowest BCUT2D eigenvalue weighted by atomic mass is 9.47. The van der Waals surface area contributed by atoms with Crippen molar-refractivity contribution in [3.05, 3.63) is 104 Å². The lowest BCUT2D eigenvalue weighted by molar-refractivity contribution is 0.227. The molecule has 0 aromatic heterocycles. The van der Waals surface area contributed by atoms with Gasteiger partial charge in [-0.15, -0.1) is 0 Å². The minimum Gasteiger partial charge on any atom is -0.493 e. The van der Waals surface area contributed by atoms with E-state index in [4.69, 9.17) is 37.9 Å². The van der Waals surface area contributed by atoms with E-state index in [0.717, 1.165) is 143 Å². The number of rotatable bonds is 38. The van der Waals surface area contributed by atoms with Gasteiger partial charge < -0.3 is 37.9 Å². The molecule has 37 rings (SSSR count). The van der Waals surface area contributed by atoms with Gasteiger partial charge in [0.05, 0.1) is 69.7 Å². The summed E-state index contributed by atoms with van der Waals surface area (Å²) in [7, 11) is 2.59. The van der Waals surface area contributed by atoms with E-state index in [9.17, 15) is 0 Å². The first-order chi connectivity index (χ1) is 68.8. The van der Waals surface area contributed by atoms with Crippen LogP contribution in [0.2, 0.25) is 0 Å². The summed E-state index contributed by atoms with van der Waals surface area (Å²) in [6.45, 7) is 44.1. The quantitative estimate of drug-likeness (QED) is 0.0278. The lowest BCUT2D eigenvalue weighted by Gasteiger charge is -2.52. The van der Waals surface area contributed by atoms with Crippen molar-refractivity contribution in [1.29, 1.82) is 0 Å². The highest BCUT2D eigenvalue weighted by Gasteiger charge is 2.76. The molecule has 1 aliphatic heterocycles. The van der Waals surface area contributed by atoms with Crippen LogP contribution in [-0.4, -0.2) is 71.3 Å². The van der Waals surface area contributed by atoms with Crippen molar-refractivity contribution in [2.45, 2.75) is 186 Å². The zero-order valence-corrected chi connectivity index (χ0v) is 83.9. The summed E-state index contributed by atoms with van der Waals surface area (Å²) in [6, 6.07) is 18.2. The van der Waals surface area contributed by atoms with Crippen LogP contribution in [-0.2, 0) is 10.8 Å². The van der Waals surface area contributed by atoms with Gasteiger partial charge in [0.1, 0.15) is 46.0 Å². The molecule has 32 aromatic rings. The zero-order chi connectivity index (χ0) is 93.7. The summed E-state index contributed by atoms with van der Waals surface area (Å²) in [6.07, 6.45) is 17.0. The van der Waals surface area contributed by atoms with Crippen molar-refractivity contribution in [3.8, 4) is 57.1 Å². The Labute approximate surface area is 813 Å². The van der Waals surface area contributed by atoms with Crippen molar-refractivity contribution in [2.24, 2.45) is 47.3 Å². The maximum atomic E-state index is 8.07. The molecule has 9 heteroatoms. The molecule has 9 nitrogen and oxygen atoms in total. The summed E-state index contributed by atoms with van der Waals surface area (Å²) < 4.78 is 58.7. The van der Waals surface area contributed by atoms with Crippen LogP contribution in [0.25, 0.3) is 326 Å². The van der Waals surface area contributed by atoms with Crippen LogP contribution in [0.4, 0.5) is 0 Å². The number of nitrogens with zero attached hydrogens (tertiary/aromatic N) is 1. The SMILES string of the molecule is CC[C@H](C)COc1cc(/C=C/c2cc(OC[C@@H](C)CC)c(-c3cc(OC[C@@H](C)CC)c(/C=C/c4cc(OC[C@@H](C)CC)c(C5N(C)CC67c8c9c%10c%11c%12c%13c(c%14c%15c6c6c8c8c%16c9c9c%10c%10c%12c%12c%17c%13c%13c%14c%14c%15c%15c6c6c8c8c%16c%16c9c9c%10c%12c%10c%12c%17c%13c%13c%14c%14c%15c6c6c8c8c%16c9c%10c9c%12c%13c%14c6c89)C%1157)cc4OC[C@@H](C)CC)cc3OC[C@@H](C)CC)cc2OC[C@@H](C)CC)c(OC[C@@H](C)CC)cc1C.